The summed E-state index contributed by atoms with van der Waals surface area (Å²) in [6, 6.07) is 6.51. The van der Waals surface area contributed by atoms with Crippen molar-refractivity contribution in [1.29, 1.82) is 0 Å². The van der Waals surface area contributed by atoms with Crippen molar-refractivity contribution in [2.24, 2.45) is 0 Å². The van der Waals surface area contributed by atoms with Gasteiger partial charge in [-0.05, 0) is 30.7 Å². The minimum Gasteiger partial charge on any atom is -0.462 e. The van der Waals surface area contributed by atoms with Gasteiger partial charge in [-0.3, -0.25) is 4.79 Å². The Morgan fingerprint density at radius 3 is 2.29 bits per heavy atom. The summed E-state index contributed by atoms with van der Waals surface area (Å²) >= 11 is 17.6. The highest BCUT2D eigenvalue weighted by Crippen LogP contribution is 2.31. The van der Waals surface area contributed by atoms with E-state index in [0.717, 1.165) is 12.8 Å². The van der Waals surface area contributed by atoms with E-state index in [1.165, 1.54) is 0 Å². The lowest BCUT2D eigenvalue weighted by atomic mass is 10.2. The van der Waals surface area contributed by atoms with Crippen LogP contribution in [0.3, 0.4) is 0 Å². The molecule has 1 aromatic carbocycles. The lowest BCUT2D eigenvalue weighted by molar-refractivity contribution is -0.121. The van der Waals surface area contributed by atoms with Crippen molar-refractivity contribution in [3.05, 3.63) is 29.8 Å². The molecule has 0 fully saturated rings. The number of benzene rings is 1. The van der Waals surface area contributed by atoms with Gasteiger partial charge < -0.3 is 15.4 Å². The Hall–Kier alpha value is -1.17. The van der Waals surface area contributed by atoms with Crippen LogP contribution in [0.5, 0.6) is 0 Å². The molecule has 1 amide bonds. The monoisotopic (exact) mass is 394 g/mol. The van der Waals surface area contributed by atoms with Gasteiger partial charge in [-0.2, -0.15) is 0 Å². The van der Waals surface area contributed by atoms with E-state index in [1.54, 1.807) is 31.2 Å². The average molecular weight is 396 g/mol. The second kappa shape index (κ2) is 9.97. The number of amides is 1. The Morgan fingerprint density at radius 2 is 1.79 bits per heavy atom. The molecule has 0 aliphatic rings. The summed E-state index contributed by atoms with van der Waals surface area (Å²) in [5.41, 5.74) is 1.02. The van der Waals surface area contributed by atoms with Crippen molar-refractivity contribution in [3.8, 4) is 0 Å². The molecule has 134 valence electrons. The maximum Gasteiger partial charge on any atom is 0.338 e. The van der Waals surface area contributed by atoms with E-state index in [1.807, 2.05) is 6.92 Å². The highest BCUT2D eigenvalue weighted by molar-refractivity contribution is 6.68. The fourth-order valence-electron chi connectivity index (χ4n) is 1.72. The summed E-state index contributed by atoms with van der Waals surface area (Å²) in [6.45, 7) is 4.12. The number of halogens is 3. The Bertz CT molecular complexity index is 544. The lowest BCUT2D eigenvalue weighted by Crippen LogP contribution is -2.48. The van der Waals surface area contributed by atoms with Gasteiger partial charge in [0, 0.05) is 12.1 Å². The molecule has 0 radical (unpaired) electrons. The van der Waals surface area contributed by atoms with Crippen LogP contribution in [0.25, 0.3) is 0 Å². The van der Waals surface area contributed by atoms with Crippen molar-refractivity contribution in [3.63, 3.8) is 0 Å². The second-order valence-corrected chi connectivity index (χ2v) is 7.48. The van der Waals surface area contributed by atoms with E-state index >= 15 is 0 Å². The standard InChI is InChI=1S/C16H21Cl3N2O3/c1-3-5-10-24-14(23)11-6-8-12(9-7-11)20-15(16(17,18)19)21-13(22)4-2/h6-9,15,20H,3-5,10H2,1-2H3,(H,21,22)/t15-/m1/s1. The van der Waals surface area contributed by atoms with Crippen LogP contribution in [0.4, 0.5) is 5.69 Å². The van der Waals surface area contributed by atoms with E-state index in [0.29, 0.717) is 17.9 Å². The molecular formula is C16H21Cl3N2O3. The maximum atomic E-state index is 11.8. The van der Waals surface area contributed by atoms with E-state index in [4.69, 9.17) is 39.5 Å². The van der Waals surface area contributed by atoms with Gasteiger partial charge in [-0.25, -0.2) is 4.79 Å². The van der Waals surface area contributed by atoms with Gasteiger partial charge in [-0.15, -0.1) is 0 Å². The number of anilines is 1. The van der Waals surface area contributed by atoms with Gasteiger partial charge >= 0.3 is 5.97 Å². The second-order valence-electron chi connectivity index (χ2n) is 5.11. The summed E-state index contributed by atoms with van der Waals surface area (Å²) in [5.74, 6) is -0.637. The molecule has 8 heteroatoms. The molecule has 2 N–H and O–H groups in total. The van der Waals surface area contributed by atoms with Crippen LogP contribution in [0.15, 0.2) is 24.3 Å². The molecule has 0 unspecified atom stereocenters. The summed E-state index contributed by atoms with van der Waals surface area (Å²) in [6.07, 6.45) is 1.14. The number of hydrogen-bond acceptors (Lipinski definition) is 4. The average Bonchev–Trinajstić information content (AvgIpc) is 2.54. The third-order valence-corrected chi connectivity index (χ3v) is 3.77. The van der Waals surface area contributed by atoms with Crippen molar-refractivity contribution in [2.75, 3.05) is 11.9 Å². The molecular weight excluding hydrogens is 375 g/mol. The van der Waals surface area contributed by atoms with E-state index in [2.05, 4.69) is 10.6 Å². The van der Waals surface area contributed by atoms with Crippen LogP contribution in [0.2, 0.25) is 0 Å². The van der Waals surface area contributed by atoms with Gasteiger partial charge in [0.25, 0.3) is 0 Å². The number of alkyl halides is 3. The fraction of sp³-hybridized carbons (Fsp3) is 0.500. The van der Waals surface area contributed by atoms with Crippen LogP contribution in [-0.4, -0.2) is 28.4 Å². The zero-order valence-electron chi connectivity index (χ0n) is 13.6. The minimum absolute atomic E-state index is 0.255. The molecule has 0 spiro atoms. The van der Waals surface area contributed by atoms with Crippen LogP contribution in [0.1, 0.15) is 43.5 Å². The van der Waals surface area contributed by atoms with Crippen LogP contribution in [0, 0.1) is 0 Å². The largest absolute Gasteiger partial charge is 0.462 e. The number of hydrogen-bond donors (Lipinski definition) is 2. The van der Waals surface area contributed by atoms with Crippen LogP contribution >= 0.6 is 34.8 Å². The molecule has 0 saturated heterocycles. The first-order valence-electron chi connectivity index (χ1n) is 7.67. The zero-order chi connectivity index (χ0) is 18.2. The molecule has 0 aliphatic carbocycles. The Labute approximate surface area is 157 Å². The first-order valence-corrected chi connectivity index (χ1v) is 8.81. The topological polar surface area (TPSA) is 67.4 Å². The van der Waals surface area contributed by atoms with Gasteiger partial charge in [0.2, 0.25) is 9.70 Å². The molecule has 1 atom stereocenters. The number of carbonyl (C=O) groups is 2. The summed E-state index contributed by atoms with van der Waals surface area (Å²) in [7, 11) is 0. The number of carbonyl (C=O) groups excluding carboxylic acids is 2. The number of ether oxygens (including phenoxy) is 1. The highest BCUT2D eigenvalue weighted by Gasteiger charge is 2.33. The van der Waals surface area contributed by atoms with Crippen LogP contribution in [-0.2, 0) is 9.53 Å². The summed E-state index contributed by atoms with van der Waals surface area (Å²) in [4.78, 5) is 23.4. The summed E-state index contributed by atoms with van der Waals surface area (Å²) < 4.78 is 3.40. The molecule has 0 aromatic heterocycles. The smallest absolute Gasteiger partial charge is 0.338 e. The van der Waals surface area contributed by atoms with Gasteiger partial charge in [0.15, 0.2) is 0 Å². The van der Waals surface area contributed by atoms with Crippen molar-refractivity contribution in [2.45, 2.75) is 43.1 Å². The number of unbranched alkanes of at least 4 members (excludes halogenated alkanes) is 1. The van der Waals surface area contributed by atoms with Crippen molar-refractivity contribution < 1.29 is 14.3 Å². The Morgan fingerprint density at radius 1 is 1.17 bits per heavy atom. The highest BCUT2D eigenvalue weighted by atomic mass is 35.6. The van der Waals surface area contributed by atoms with Crippen molar-refractivity contribution >= 4 is 52.4 Å². The molecule has 1 rings (SSSR count). The van der Waals surface area contributed by atoms with Gasteiger partial charge in [0.05, 0.1) is 12.2 Å². The molecule has 0 aliphatic heterocycles. The number of esters is 1. The molecule has 24 heavy (non-hydrogen) atoms. The predicted molar refractivity (Wildman–Crippen MR) is 97.8 cm³/mol. The normalized spacial score (nSPS) is 12.4. The first-order chi connectivity index (χ1) is 11.3. The third kappa shape index (κ3) is 7.16. The van der Waals surface area contributed by atoms with Crippen molar-refractivity contribution in [1.82, 2.24) is 5.32 Å². The molecule has 0 saturated carbocycles. The van der Waals surface area contributed by atoms with Crippen LogP contribution < -0.4 is 10.6 Å². The Kier molecular flexibility index (Phi) is 8.67. The minimum atomic E-state index is -1.73. The number of rotatable bonds is 8. The Balaban J connectivity index is 2.72. The number of nitrogens with one attached hydrogen (secondary N) is 2. The maximum absolute atomic E-state index is 11.8. The SMILES string of the molecule is CCCCOC(=O)c1ccc(N[C@H](NC(=O)CC)C(Cl)(Cl)Cl)cc1. The molecule has 1 aromatic rings. The van der Waals surface area contributed by atoms with Gasteiger partial charge in [0.1, 0.15) is 6.17 Å². The van der Waals surface area contributed by atoms with E-state index in [-0.39, 0.29) is 18.3 Å². The zero-order valence-corrected chi connectivity index (χ0v) is 15.8. The van der Waals surface area contributed by atoms with Gasteiger partial charge in [-0.1, -0.05) is 55.1 Å². The lowest BCUT2D eigenvalue weighted by Gasteiger charge is -2.27. The first kappa shape index (κ1) is 20.9. The summed E-state index contributed by atoms with van der Waals surface area (Å²) in [5, 5.41) is 5.51. The quantitative estimate of drug-likeness (QED) is 0.298. The molecule has 5 nitrogen and oxygen atoms in total. The third-order valence-electron chi connectivity index (χ3n) is 3.12. The van der Waals surface area contributed by atoms with E-state index < -0.39 is 9.96 Å². The molecule has 0 bridgehead atoms. The molecule has 0 heterocycles. The predicted octanol–water partition coefficient (Wildman–Crippen LogP) is 4.28. The van der Waals surface area contributed by atoms with E-state index in [9.17, 15) is 9.59 Å². The fourth-order valence-corrected chi connectivity index (χ4v) is 2.05.